The van der Waals surface area contributed by atoms with Gasteiger partial charge in [0.2, 0.25) is 0 Å². The second-order valence-electron chi connectivity index (χ2n) is 5.55. The van der Waals surface area contributed by atoms with Crippen LogP contribution < -0.4 is 5.32 Å². The summed E-state index contributed by atoms with van der Waals surface area (Å²) in [5, 5.41) is 1.55. The monoisotopic (exact) mass is 359 g/mol. The fraction of sp³-hybridized carbons (Fsp3) is 0.167. The first-order valence-corrected chi connectivity index (χ1v) is 9.19. The summed E-state index contributed by atoms with van der Waals surface area (Å²) in [7, 11) is -3.74. The molecule has 0 saturated carbocycles. The van der Waals surface area contributed by atoms with Crippen LogP contribution in [0, 0.1) is 6.92 Å². The molecule has 0 bridgehead atoms. The van der Waals surface area contributed by atoms with Crippen LogP contribution in [-0.4, -0.2) is 20.9 Å². The molecule has 130 valence electrons. The summed E-state index contributed by atoms with van der Waals surface area (Å²) in [4.78, 5) is 12.2. The molecule has 2 aromatic heterocycles. The highest BCUT2D eigenvalue weighted by Crippen LogP contribution is 2.29. The molecule has 0 aliphatic carbocycles. The van der Waals surface area contributed by atoms with Crippen LogP contribution in [0.2, 0.25) is 0 Å². The smallest absolute Gasteiger partial charge is 0.287 e. The van der Waals surface area contributed by atoms with Crippen LogP contribution in [0.4, 0.5) is 0 Å². The van der Waals surface area contributed by atoms with Gasteiger partial charge in [-0.05, 0) is 43.3 Å². The summed E-state index contributed by atoms with van der Waals surface area (Å²) in [5.41, 5.74) is 0.958. The minimum atomic E-state index is -3.74. The Labute approximate surface area is 145 Å². The van der Waals surface area contributed by atoms with E-state index in [1.165, 1.54) is 18.6 Å². The molecule has 3 rings (SSSR count). The maximum atomic E-state index is 13.0. The van der Waals surface area contributed by atoms with Gasteiger partial charge >= 0.3 is 0 Å². The third-order valence-electron chi connectivity index (χ3n) is 3.78. The molecule has 2 heterocycles. The zero-order valence-electron chi connectivity index (χ0n) is 13.5. The van der Waals surface area contributed by atoms with Gasteiger partial charge in [0.15, 0.2) is 15.6 Å². The summed E-state index contributed by atoms with van der Waals surface area (Å²) in [6.07, 6.45) is 2.78. The highest BCUT2D eigenvalue weighted by Gasteiger charge is 2.32. The summed E-state index contributed by atoms with van der Waals surface area (Å²) in [6.45, 7) is 1.74. The zero-order valence-corrected chi connectivity index (χ0v) is 14.3. The van der Waals surface area contributed by atoms with Gasteiger partial charge in [-0.3, -0.25) is 4.79 Å². The number of rotatable bonds is 6. The molecule has 1 N–H and O–H groups in total. The van der Waals surface area contributed by atoms with E-state index in [-0.39, 0.29) is 23.0 Å². The van der Waals surface area contributed by atoms with Gasteiger partial charge in [-0.2, -0.15) is 0 Å². The minimum absolute atomic E-state index is 0.117. The maximum absolute atomic E-state index is 13.0. The average molecular weight is 359 g/mol. The van der Waals surface area contributed by atoms with E-state index in [9.17, 15) is 13.2 Å². The Balaban J connectivity index is 1.87. The normalized spacial score (nSPS) is 12.7. The summed E-state index contributed by atoms with van der Waals surface area (Å²) in [6, 6.07) is 12.8. The molecule has 0 aliphatic heterocycles. The third-order valence-corrected chi connectivity index (χ3v) is 5.85. The Bertz CT molecular complexity index is 926. The van der Waals surface area contributed by atoms with E-state index in [0.29, 0.717) is 0 Å². The fourth-order valence-electron chi connectivity index (χ4n) is 2.41. The zero-order chi connectivity index (χ0) is 17.9. The van der Waals surface area contributed by atoms with Gasteiger partial charge in [0, 0.05) is 6.54 Å². The van der Waals surface area contributed by atoms with Gasteiger partial charge in [0.25, 0.3) is 5.91 Å². The maximum Gasteiger partial charge on any atom is 0.287 e. The molecule has 1 aromatic carbocycles. The van der Waals surface area contributed by atoms with Crippen molar-refractivity contribution in [2.45, 2.75) is 17.1 Å². The van der Waals surface area contributed by atoms with Crippen molar-refractivity contribution in [3.8, 4) is 0 Å². The number of carbonyl (C=O) groups is 1. The molecule has 1 atom stereocenters. The minimum Gasteiger partial charge on any atom is -0.468 e. The predicted octanol–water partition coefficient (Wildman–Crippen LogP) is 3.13. The van der Waals surface area contributed by atoms with Crippen molar-refractivity contribution in [2.75, 3.05) is 6.54 Å². The lowest BCUT2D eigenvalue weighted by molar-refractivity contribution is 0.0925. The van der Waals surface area contributed by atoms with Gasteiger partial charge in [-0.25, -0.2) is 8.42 Å². The highest BCUT2D eigenvalue weighted by molar-refractivity contribution is 7.91. The Morgan fingerprint density at radius 1 is 1.04 bits per heavy atom. The number of hydrogen-bond donors (Lipinski definition) is 1. The summed E-state index contributed by atoms with van der Waals surface area (Å²) >= 11 is 0. The van der Waals surface area contributed by atoms with Gasteiger partial charge in [-0.1, -0.05) is 17.7 Å². The molecule has 6 nitrogen and oxygen atoms in total. The molecule has 3 aromatic rings. The number of benzene rings is 1. The van der Waals surface area contributed by atoms with E-state index in [1.807, 2.05) is 6.92 Å². The first-order valence-electron chi connectivity index (χ1n) is 7.64. The first kappa shape index (κ1) is 17.0. The van der Waals surface area contributed by atoms with Crippen LogP contribution in [0.5, 0.6) is 0 Å². The van der Waals surface area contributed by atoms with Crippen LogP contribution in [-0.2, 0) is 9.84 Å². The van der Waals surface area contributed by atoms with E-state index in [2.05, 4.69) is 5.32 Å². The van der Waals surface area contributed by atoms with Crippen LogP contribution in [0.1, 0.15) is 27.1 Å². The predicted molar refractivity (Wildman–Crippen MR) is 90.9 cm³/mol. The molecule has 1 unspecified atom stereocenters. The van der Waals surface area contributed by atoms with E-state index < -0.39 is 21.0 Å². The lowest BCUT2D eigenvalue weighted by Crippen LogP contribution is -2.31. The molecule has 25 heavy (non-hydrogen) atoms. The van der Waals surface area contributed by atoms with Crippen molar-refractivity contribution in [3.63, 3.8) is 0 Å². The van der Waals surface area contributed by atoms with Crippen LogP contribution >= 0.6 is 0 Å². The highest BCUT2D eigenvalue weighted by atomic mass is 32.2. The van der Waals surface area contributed by atoms with Crippen molar-refractivity contribution < 1.29 is 22.0 Å². The molecule has 0 spiro atoms. The Morgan fingerprint density at radius 3 is 2.32 bits per heavy atom. The Morgan fingerprint density at radius 2 is 1.72 bits per heavy atom. The number of carbonyl (C=O) groups excluding carboxylic acids is 1. The quantitative estimate of drug-likeness (QED) is 0.730. The number of sulfone groups is 1. The van der Waals surface area contributed by atoms with Crippen molar-refractivity contribution in [3.05, 3.63) is 78.1 Å². The van der Waals surface area contributed by atoms with Crippen LogP contribution in [0.15, 0.2) is 74.8 Å². The second kappa shape index (κ2) is 6.98. The summed E-state index contributed by atoms with van der Waals surface area (Å²) in [5.74, 6) is -0.105. The Kier molecular flexibility index (Phi) is 4.76. The molecule has 0 saturated heterocycles. The van der Waals surface area contributed by atoms with Crippen molar-refractivity contribution in [1.29, 1.82) is 0 Å². The van der Waals surface area contributed by atoms with Gasteiger partial charge in [-0.15, -0.1) is 0 Å². The topological polar surface area (TPSA) is 89.5 Å². The third kappa shape index (κ3) is 3.66. The van der Waals surface area contributed by atoms with Crippen LogP contribution in [0.3, 0.4) is 0 Å². The van der Waals surface area contributed by atoms with Crippen molar-refractivity contribution in [2.24, 2.45) is 0 Å². The molecule has 0 fully saturated rings. The fourth-order valence-corrected chi connectivity index (χ4v) is 4.00. The van der Waals surface area contributed by atoms with E-state index in [4.69, 9.17) is 8.83 Å². The van der Waals surface area contributed by atoms with E-state index >= 15 is 0 Å². The number of furan rings is 2. The number of aryl methyl sites for hydroxylation is 1. The second-order valence-corrected chi connectivity index (χ2v) is 7.68. The number of hydrogen-bond acceptors (Lipinski definition) is 5. The molecule has 7 heteroatoms. The molecule has 0 radical (unpaired) electrons. The van der Waals surface area contributed by atoms with Gasteiger partial charge < -0.3 is 14.2 Å². The molecular weight excluding hydrogens is 342 g/mol. The molecular formula is C18H17NO5S. The first-order chi connectivity index (χ1) is 12.0. The SMILES string of the molecule is Cc1ccc(S(=O)(=O)C(CNC(=O)c2ccco2)c2ccco2)cc1. The largest absolute Gasteiger partial charge is 0.468 e. The van der Waals surface area contributed by atoms with Crippen molar-refractivity contribution >= 4 is 15.7 Å². The number of nitrogens with one attached hydrogen (secondary N) is 1. The Hall–Kier alpha value is -2.80. The average Bonchev–Trinajstić information content (AvgIpc) is 3.29. The lowest BCUT2D eigenvalue weighted by Gasteiger charge is -2.16. The lowest BCUT2D eigenvalue weighted by atomic mass is 10.2. The van der Waals surface area contributed by atoms with Gasteiger partial charge in [0.05, 0.1) is 17.4 Å². The summed E-state index contributed by atoms with van der Waals surface area (Å²) < 4.78 is 36.3. The molecule has 0 aliphatic rings. The van der Waals surface area contributed by atoms with E-state index in [1.54, 1.807) is 42.5 Å². The van der Waals surface area contributed by atoms with Crippen molar-refractivity contribution in [1.82, 2.24) is 5.32 Å². The standard InChI is InChI=1S/C18H17NO5S/c1-13-6-8-14(9-7-13)25(21,22)17(15-4-2-10-23-15)12-19-18(20)16-5-3-11-24-16/h2-11,17H,12H2,1H3,(H,19,20). The van der Waals surface area contributed by atoms with E-state index in [0.717, 1.165) is 5.56 Å². The number of amides is 1. The van der Waals surface area contributed by atoms with Gasteiger partial charge in [0.1, 0.15) is 11.0 Å². The molecule has 1 amide bonds. The van der Waals surface area contributed by atoms with Crippen LogP contribution in [0.25, 0.3) is 0 Å².